The molecule has 0 amide bonds. The molecular weight excluding hydrogens is 200 g/mol. The third-order valence-corrected chi connectivity index (χ3v) is 5.46. The quantitative estimate of drug-likeness (QED) is 0.731. The molecule has 92 valence electrons. The zero-order valence-corrected chi connectivity index (χ0v) is 10.6. The van der Waals surface area contributed by atoms with Gasteiger partial charge in [0.05, 0.1) is 6.61 Å². The highest BCUT2D eigenvalue weighted by molar-refractivity contribution is 5.06. The molecule has 0 radical (unpaired) electrons. The van der Waals surface area contributed by atoms with Crippen LogP contribution in [0.4, 0.5) is 0 Å². The first-order valence-corrected chi connectivity index (χ1v) is 6.75. The predicted octanol–water partition coefficient (Wildman–Crippen LogP) is 2.72. The van der Waals surface area contributed by atoms with Gasteiger partial charge in [0, 0.05) is 20.8 Å². The van der Waals surface area contributed by atoms with Crippen molar-refractivity contribution in [3.05, 3.63) is 0 Å². The van der Waals surface area contributed by atoms with E-state index in [-0.39, 0.29) is 0 Å². The van der Waals surface area contributed by atoms with Crippen molar-refractivity contribution in [2.45, 2.75) is 32.1 Å². The molecule has 4 fully saturated rings. The third-order valence-electron chi connectivity index (χ3n) is 5.46. The molecule has 4 bridgehead atoms. The molecule has 0 heterocycles. The lowest BCUT2D eigenvalue weighted by Gasteiger charge is -2.61. The van der Waals surface area contributed by atoms with Gasteiger partial charge < -0.3 is 9.47 Å². The van der Waals surface area contributed by atoms with Gasteiger partial charge >= 0.3 is 0 Å². The van der Waals surface area contributed by atoms with Crippen LogP contribution >= 0.6 is 0 Å². The largest absolute Gasteiger partial charge is 0.384 e. The normalized spacial score (nSPS) is 49.9. The molecule has 4 aliphatic carbocycles. The summed E-state index contributed by atoms with van der Waals surface area (Å²) in [5.74, 6) is 3.70. The van der Waals surface area contributed by atoms with Crippen LogP contribution in [-0.4, -0.2) is 27.4 Å². The standard InChI is InChI=1S/C14H24O2/c1-15-8-13-12-4-10-3-11(5-12)7-14(13,6-10)9-16-2/h10-13H,3-9H2,1-2H3. The van der Waals surface area contributed by atoms with E-state index in [1.807, 2.05) is 14.2 Å². The van der Waals surface area contributed by atoms with Crippen LogP contribution in [-0.2, 0) is 9.47 Å². The van der Waals surface area contributed by atoms with Gasteiger partial charge in [-0.25, -0.2) is 0 Å². The summed E-state index contributed by atoms with van der Waals surface area (Å²) in [5.41, 5.74) is 0.472. The zero-order chi connectivity index (χ0) is 11.2. The average Bonchev–Trinajstić information content (AvgIpc) is 2.23. The van der Waals surface area contributed by atoms with Crippen molar-refractivity contribution >= 4 is 0 Å². The van der Waals surface area contributed by atoms with Crippen LogP contribution in [0.15, 0.2) is 0 Å². The molecule has 2 heteroatoms. The van der Waals surface area contributed by atoms with E-state index in [0.29, 0.717) is 5.41 Å². The molecule has 4 saturated carbocycles. The van der Waals surface area contributed by atoms with Crippen molar-refractivity contribution in [3.63, 3.8) is 0 Å². The van der Waals surface area contributed by atoms with E-state index in [4.69, 9.17) is 9.47 Å². The second-order valence-electron chi connectivity index (χ2n) is 6.46. The molecule has 16 heavy (non-hydrogen) atoms. The monoisotopic (exact) mass is 224 g/mol. The topological polar surface area (TPSA) is 18.5 Å². The molecule has 0 aromatic heterocycles. The highest BCUT2D eigenvalue weighted by Gasteiger charge is 2.56. The fraction of sp³-hybridized carbons (Fsp3) is 1.00. The molecule has 0 spiro atoms. The Kier molecular flexibility index (Phi) is 2.75. The minimum atomic E-state index is 0.472. The molecule has 3 unspecified atom stereocenters. The maximum Gasteiger partial charge on any atom is 0.0522 e. The van der Waals surface area contributed by atoms with Gasteiger partial charge in [-0.2, -0.15) is 0 Å². The van der Waals surface area contributed by atoms with Gasteiger partial charge in [-0.1, -0.05) is 0 Å². The van der Waals surface area contributed by atoms with Crippen molar-refractivity contribution in [2.24, 2.45) is 29.1 Å². The SMILES string of the molecule is COCC1C2CC3CC(C2)CC1(COC)C3. The zero-order valence-electron chi connectivity index (χ0n) is 10.6. The van der Waals surface area contributed by atoms with E-state index < -0.39 is 0 Å². The van der Waals surface area contributed by atoms with Gasteiger partial charge in [0.2, 0.25) is 0 Å². The summed E-state index contributed by atoms with van der Waals surface area (Å²) >= 11 is 0. The second kappa shape index (κ2) is 3.99. The number of hydrogen-bond acceptors (Lipinski definition) is 2. The maximum atomic E-state index is 5.55. The summed E-state index contributed by atoms with van der Waals surface area (Å²) in [6.45, 7) is 1.91. The number of methoxy groups -OCH3 is 2. The smallest absolute Gasteiger partial charge is 0.0522 e. The molecule has 2 nitrogen and oxygen atoms in total. The summed E-state index contributed by atoms with van der Waals surface area (Å²) in [6.07, 6.45) is 7.25. The maximum absolute atomic E-state index is 5.55. The van der Waals surface area contributed by atoms with E-state index >= 15 is 0 Å². The number of ether oxygens (including phenoxy) is 2. The lowest BCUT2D eigenvalue weighted by atomic mass is 9.45. The van der Waals surface area contributed by atoms with Gasteiger partial charge in [0.15, 0.2) is 0 Å². The Balaban J connectivity index is 1.86. The summed E-state index contributed by atoms with van der Waals surface area (Å²) < 4.78 is 11.0. The molecule has 0 N–H and O–H groups in total. The lowest BCUT2D eigenvalue weighted by Crippen LogP contribution is -2.55. The molecule has 0 saturated heterocycles. The van der Waals surface area contributed by atoms with Crippen LogP contribution in [0.5, 0.6) is 0 Å². The number of rotatable bonds is 4. The van der Waals surface area contributed by atoms with Crippen LogP contribution in [0.25, 0.3) is 0 Å². The lowest BCUT2D eigenvalue weighted by molar-refractivity contribution is -0.154. The molecular formula is C14H24O2. The van der Waals surface area contributed by atoms with Gasteiger partial charge in [-0.3, -0.25) is 0 Å². The van der Waals surface area contributed by atoms with Crippen molar-refractivity contribution in [3.8, 4) is 0 Å². The van der Waals surface area contributed by atoms with Crippen molar-refractivity contribution in [2.75, 3.05) is 27.4 Å². The van der Waals surface area contributed by atoms with Crippen LogP contribution in [0, 0.1) is 29.1 Å². The highest BCUT2D eigenvalue weighted by Crippen LogP contribution is 2.62. The summed E-state index contributed by atoms with van der Waals surface area (Å²) in [7, 11) is 3.72. The highest BCUT2D eigenvalue weighted by atomic mass is 16.5. The van der Waals surface area contributed by atoms with Crippen LogP contribution < -0.4 is 0 Å². The molecule has 4 rings (SSSR count). The van der Waals surface area contributed by atoms with Gasteiger partial charge in [0.25, 0.3) is 0 Å². The molecule has 0 aromatic rings. The Morgan fingerprint density at radius 1 is 1.00 bits per heavy atom. The van der Waals surface area contributed by atoms with Crippen molar-refractivity contribution in [1.29, 1.82) is 0 Å². The van der Waals surface area contributed by atoms with Crippen LogP contribution in [0.1, 0.15) is 32.1 Å². The Labute approximate surface area is 98.7 Å². The number of hydrogen-bond donors (Lipinski definition) is 0. The summed E-state index contributed by atoms with van der Waals surface area (Å²) in [6, 6.07) is 0. The van der Waals surface area contributed by atoms with E-state index in [1.54, 1.807) is 0 Å². The molecule has 4 aliphatic rings. The third kappa shape index (κ3) is 1.53. The Morgan fingerprint density at radius 3 is 2.25 bits per heavy atom. The Bertz CT molecular complexity index is 249. The van der Waals surface area contributed by atoms with E-state index in [1.165, 1.54) is 32.1 Å². The summed E-state index contributed by atoms with van der Waals surface area (Å²) in [5, 5.41) is 0. The van der Waals surface area contributed by atoms with Crippen LogP contribution in [0.3, 0.4) is 0 Å². The van der Waals surface area contributed by atoms with E-state index in [2.05, 4.69) is 0 Å². The summed E-state index contributed by atoms with van der Waals surface area (Å²) in [4.78, 5) is 0. The Morgan fingerprint density at radius 2 is 1.69 bits per heavy atom. The molecule has 0 aliphatic heterocycles. The van der Waals surface area contributed by atoms with Crippen molar-refractivity contribution in [1.82, 2.24) is 0 Å². The second-order valence-corrected chi connectivity index (χ2v) is 6.46. The minimum Gasteiger partial charge on any atom is -0.384 e. The van der Waals surface area contributed by atoms with Gasteiger partial charge in [-0.15, -0.1) is 0 Å². The minimum absolute atomic E-state index is 0.472. The van der Waals surface area contributed by atoms with E-state index in [9.17, 15) is 0 Å². The Hall–Kier alpha value is -0.0800. The van der Waals surface area contributed by atoms with Gasteiger partial charge in [-0.05, 0) is 61.2 Å². The van der Waals surface area contributed by atoms with Gasteiger partial charge in [0.1, 0.15) is 0 Å². The fourth-order valence-corrected chi connectivity index (χ4v) is 5.32. The molecule has 3 atom stereocenters. The first kappa shape index (κ1) is 11.0. The molecule has 0 aromatic carbocycles. The predicted molar refractivity (Wildman–Crippen MR) is 63.2 cm³/mol. The first-order valence-electron chi connectivity index (χ1n) is 6.75. The van der Waals surface area contributed by atoms with Crippen molar-refractivity contribution < 1.29 is 9.47 Å². The fourth-order valence-electron chi connectivity index (χ4n) is 5.32. The first-order chi connectivity index (χ1) is 7.77. The van der Waals surface area contributed by atoms with E-state index in [0.717, 1.165) is 36.9 Å². The van der Waals surface area contributed by atoms with Crippen LogP contribution in [0.2, 0.25) is 0 Å². The average molecular weight is 224 g/mol.